The zero-order valence-corrected chi connectivity index (χ0v) is 12.1. The lowest BCUT2D eigenvalue weighted by Crippen LogP contribution is -2.18. The second kappa shape index (κ2) is 6.37. The van der Waals surface area contributed by atoms with E-state index in [4.69, 9.17) is 5.11 Å². The van der Waals surface area contributed by atoms with E-state index in [0.29, 0.717) is 17.8 Å². The first-order chi connectivity index (χ1) is 10.0. The van der Waals surface area contributed by atoms with Gasteiger partial charge in [-0.15, -0.1) is 0 Å². The highest BCUT2D eigenvalue weighted by Gasteiger charge is 2.18. The SMILES string of the molecule is Cc1ccccc1CN(C)c1ccc(CO)cc1[N+](=O)[O-]. The Hall–Kier alpha value is -2.40. The maximum absolute atomic E-state index is 11.2. The number of nitro groups is 1. The molecule has 0 heterocycles. The zero-order valence-electron chi connectivity index (χ0n) is 12.1. The minimum absolute atomic E-state index is 0.0117. The molecule has 0 aromatic heterocycles. The Labute approximate surface area is 123 Å². The highest BCUT2D eigenvalue weighted by molar-refractivity contribution is 5.64. The van der Waals surface area contributed by atoms with E-state index in [0.717, 1.165) is 11.1 Å². The van der Waals surface area contributed by atoms with Gasteiger partial charge in [0, 0.05) is 19.7 Å². The molecule has 0 radical (unpaired) electrons. The normalized spacial score (nSPS) is 10.4. The molecule has 0 aliphatic heterocycles. The van der Waals surface area contributed by atoms with Crippen molar-refractivity contribution in [3.05, 3.63) is 69.3 Å². The number of anilines is 1. The van der Waals surface area contributed by atoms with Crippen LogP contribution in [0.3, 0.4) is 0 Å². The van der Waals surface area contributed by atoms with Crippen molar-refractivity contribution in [2.75, 3.05) is 11.9 Å². The van der Waals surface area contributed by atoms with Crippen LogP contribution in [0.4, 0.5) is 11.4 Å². The van der Waals surface area contributed by atoms with E-state index in [2.05, 4.69) is 0 Å². The Morgan fingerprint density at radius 3 is 2.57 bits per heavy atom. The maximum Gasteiger partial charge on any atom is 0.292 e. The molecule has 5 heteroatoms. The van der Waals surface area contributed by atoms with Crippen LogP contribution in [0.1, 0.15) is 16.7 Å². The van der Waals surface area contributed by atoms with Gasteiger partial charge in [0.2, 0.25) is 0 Å². The summed E-state index contributed by atoms with van der Waals surface area (Å²) in [6.45, 7) is 2.40. The van der Waals surface area contributed by atoms with Crippen molar-refractivity contribution in [1.29, 1.82) is 0 Å². The lowest BCUT2D eigenvalue weighted by atomic mass is 10.1. The van der Waals surface area contributed by atoms with E-state index in [1.165, 1.54) is 6.07 Å². The fourth-order valence-corrected chi connectivity index (χ4v) is 2.26. The predicted octanol–water partition coefficient (Wildman–Crippen LogP) is 3.03. The summed E-state index contributed by atoms with van der Waals surface area (Å²) in [6.07, 6.45) is 0. The predicted molar refractivity (Wildman–Crippen MR) is 82.3 cm³/mol. The first kappa shape index (κ1) is 15.0. The second-order valence-electron chi connectivity index (χ2n) is 5.02. The van der Waals surface area contributed by atoms with Crippen LogP contribution < -0.4 is 4.90 Å². The first-order valence-corrected chi connectivity index (χ1v) is 6.66. The van der Waals surface area contributed by atoms with Gasteiger partial charge < -0.3 is 10.0 Å². The van der Waals surface area contributed by atoms with Gasteiger partial charge >= 0.3 is 0 Å². The van der Waals surface area contributed by atoms with E-state index in [1.807, 2.05) is 43.1 Å². The number of benzene rings is 2. The highest BCUT2D eigenvalue weighted by Crippen LogP contribution is 2.29. The van der Waals surface area contributed by atoms with E-state index in [1.54, 1.807) is 12.1 Å². The number of nitrogens with zero attached hydrogens (tertiary/aromatic N) is 2. The van der Waals surface area contributed by atoms with Crippen LogP contribution in [0.15, 0.2) is 42.5 Å². The van der Waals surface area contributed by atoms with Crippen molar-refractivity contribution in [3.63, 3.8) is 0 Å². The monoisotopic (exact) mass is 286 g/mol. The summed E-state index contributed by atoms with van der Waals surface area (Å²) in [6, 6.07) is 12.8. The van der Waals surface area contributed by atoms with E-state index >= 15 is 0 Å². The van der Waals surface area contributed by atoms with Crippen LogP contribution in [-0.4, -0.2) is 17.1 Å². The molecule has 0 amide bonds. The van der Waals surface area contributed by atoms with Gasteiger partial charge in [-0.1, -0.05) is 30.3 Å². The lowest BCUT2D eigenvalue weighted by molar-refractivity contribution is -0.384. The Kier molecular flexibility index (Phi) is 4.55. The number of aliphatic hydroxyl groups is 1. The van der Waals surface area contributed by atoms with Gasteiger partial charge in [0.05, 0.1) is 11.5 Å². The minimum atomic E-state index is -0.414. The molecule has 0 bridgehead atoms. The summed E-state index contributed by atoms with van der Waals surface area (Å²) in [4.78, 5) is 12.6. The zero-order chi connectivity index (χ0) is 15.4. The molecule has 0 saturated heterocycles. The topological polar surface area (TPSA) is 66.6 Å². The fourth-order valence-electron chi connectivity index (χ4n) is 2.26. The Bertz CT molecular complexity index is 656. The molecule has 0 aliphatic rings. The quantitative estimate of drug-likeness (QED) is 0.677. The number of hydrogen-bond acceptors (Lipinski definition) is 4. The summed E-state index contributed by atoms with van der Waals surface area (Å²) < 4.78 is 0. The third kappa shape index (κ3) is 3.38. The van der Waals surface area contributed by atoms with Gasteiger partial charge in [-0.3, -0.25) is 10.1 Å². The first-order valence-electron chi connectivity index (χ1n) is 6.66. The van der Waals surface area contributed by atoms with Crippen LogP contribution in [0.5, 0.6) is 0 Å². The molecule has 2 aromatic carbocycles. The Balaban J connectivity index is 2.33. The van der Waals surface area contributed by atoms with Gasteiger partial charge in [0.15, 0.2) is 0 Å². The molecular weight excluding hydrogens is 268 g/mol. The molecule has 2 aromatic rings. The largest absolute Gasteiger partial charge is 0.392 e. The molecule has 0 fully saturated rings. The van der Waals surface area contributed by atoms with Gasteiger partial charge in [-0.05, 0) is 29.7 Å². The smallest absolute Gasteiger partial charge is 0.292 e. The van der Waals surface area contributed by atoms with Crippen molar-refractivity contribution in [1.82, 2.24) is 0 Å². The van der Waals surface area contributed by atoms with E-state index in [-0.39, 0.29) is 12.3 Å². The molecule has 5 nitrogen and oxygen atoms in total. The van der Waals surface area contributed by atoms with Gasteiger partial charge in [0.25, 0.3) is 5.69 Å². The minimum Gasteiger partial charge on any atom is -0.392 e. The third-order valence-electron chi connectivity index (χ3n) is 3.50. The lowest BCUT2D eigenvalue weighted by Gasteiger charge is -2.20. The van der Waals surface area contributed by atoms with Gasteiger partial charge in [-0.2, -0.15) is 0 Å². The van der Waals surface area contributed by atoms with Crippen molar-refractivity contribution >= 4 is 11.4 Å². The van der Waals surface area contributed by atoms with E-state index < -0.39 is 4.92 Å². The summed E-state index contributed by atoms with van der Waals surface area (Å²) in [5.74, 6) is 0. The molecule has 21 heavy (non-hydrogen) atoms. The second-order valence-corrected chi connectivity index (χ2v) is 5.02. The van der Waals surface area contributed by atoms with Crippen LogP contribution in [0.2, 0.25) is 0 Å². The average molecular weight is 286 g/mol. The summed E-state index contributed by atoms with van der Waals surface area (Å²) >= 11 is 0. The fraction of sp³-hybridized carbons (Fsp3) is 0.250. The molecule has 0 saturated carbocycles. The molecule has 0 unspecified atom stereocenters. The number of nitro benzene ring substituents is 1. The number of aliphatic hydroxyl groups excluding tert-OH is 1. The summed E-state index contributed by atoms with van der Waals surface area (Å²) in [5, 5.41) is 20.3. The van der Waals surface area contributed by atoms with Crippen molar-refractivity contribution in [2.24, 2.45) is 0 Å². The standard InChI is InChI=1S/C16H18N2O3/c1-12-5-3-4-6-14(12)10-17(2)15-8-7-13(11-19)9-16(15)18(20)21/h3-9,19H,10-11H2,1-2H3. The van der Waals surface area contributed by atoms with Crippen LogP contribution in [0.25, 0.3) is 0 Å². The van der Waals surface area contributed by atoms with Crippen LogP contribution >= 0.6 is 0 Å². The number of hydrogen-bond donors (Lipinski definition) is 1. The molecule has 0 atom stereocenters. The molecular formula is C16H18N2O3. The number of rotatable bonds is 5. The van der Waals surface area contributed by atoms with Crippen molar-refractivity contribution < 1.29 is 10.0 Å². The van der Waals surface area contributed by atoms with Gasteiger partial charge in [-0.25, -0.2) is 0 Å². The Morgan fingerprint density at radius 2 is 1.95 bits per heavy atom. The number of aryl methyl sites for hydroxylation is 1. The molecule has 1 N–H and O–H groups in total. The average Bonchev–Trinajstić information content (AvgIpc) is 2.48. The summed E-state index contributed by atoms with van der Waals surface area (Å²) in [5.41, 5.74) is 3.37. The van der Waals surface area contributed by atoms with Gasteiger partial charge in [0.1, 0.15) is 5.69 Å². The van der Waals surface area contributed by atoms with E-state index in [9.17, 15) is 10.1 Å². The van der Waals surface area contributed by atoms with Crippen LogP contribution in [0, 0.1) is 17.0 Å². The maximum atomic E-state index is 11.2. The third-order valence-corrected chi connectivity index (χ3v) is 3.50. The molecule has 0 aliphatic carbocycles. The molecule has 2 rings (SSSR count). The molecule has 110 valence electrons. The Morgan fingerprint density at radius 1 is 1.24 bits per heavy atom. The van der Waals surface area contributed by atoms with Crippen molar-refractivity contribution in [3.8, 4) is 0 Å². The molecule has 0 spiro atoms. The summed E-state index contributed by atoms with van der Waals surface area (Å²) in [7, 11) is 1.83. The van der Waals surface area contributed by atoms with Crippen LogP contribution in [-0.2, 0) is 13.2 Å². The van der Waals surface area contributed by atoms with Crippen molar-refractivity contribution in [2.45, 2.75) is 20.1 Å². The highest BCUT2D eigenvalue weighted by atomic mass is 16.6.